The van der Waals surface area contributed by atoms with Gasteiger partial charge in [0.2, 0.25) is 15.9 Å². The molecule has 0 atom stereocenters. The lowest BCUT2D eigenvalue weighted by Crippen LogP contribution is -2.49. The Morgan fingerprint density at radius 3 is 2.40 bits per heavy atom. The Labute approximate surface area is 121 Å². The van der Waals surface area contributed by atoms with Crippen LogP contribution in [-0.2, 0) is 14.8 Å². The van der Waals surface area contributed by atoms with Crippen molar-refractivity contribution in [2.45, 2.75) is 11.8 Å². The van der Waals surface area contributed by atoms with Gasteiger partial charge in [-0.2, -0.15) is 4.31 Å². The highest BCUT2D eigenvalue weighted by molar-refractivity contribution is 7.89. The second-order valence-electron chi connectivity index (χ2n) is 4.42. The maximum absolute atomic E-state index is 12.4. The standard InChI is InChI=1S/C11H14ClN3O4S/c1-8(16)14-2-4-15(5-3-14)20(18,19)9-6-10(12)11(17)13-7-9/h6-7H,2-5H2,1H3,(H,13,17). The second-order valence-corrected chi connectivity index (χ2v) is 6.77. The van der Waals surface area contributed by atoms with Gasteiger partial charge in [0.25, 0.3) is 5.56 Å². The molecule has 0 unspecified atom stereocenters. The van der Waals surface area contributed by atoms with Crippen LogP contribution < -0.4 is 5.56 Å². The molecule has 9 heteroatoms. The largest absolute Gasteiger partial charge is 0.340 e. The van der Waals surface area contributed by atoms with Crippen molar-refractivity contribution in [3.63, 3.8) is 0 Å². The van der Waals surface area contributed by atoms with E-state index in [1.54, 1.807) is 4.90 Å². The number of rotatable bonds is 2. The fourth-order valence-corrected chi connectivity index (χ4v) is 3.63. The van der Waals surface area contributed by atoms with Crippen LogP contribution in [0.25, 0.3) is 0 Å². The number of aromatic amines is 1. The quantitative estimate of drug-likeness (QED) is 0.823. The fourth-order valence-electron chi connectivity index (χ4n) is 1.98. The maximum Gasteiger partial charge on any atom is 0.266 e. The summed E-state index contributed by atoms with van der Waals surface area (Å²) in [6.07, 6.45) is 1.13. The highest BCUT2D eigenvalue weighted by Crippen LogP contribution is 2.18. The number of aromatic nitrogens is 1. The van der Waals surface area contributed by atoms with Crippen LogP contribution in [0.5, 0.6) is 0 Å². The third-order valence-electron chi connectivity index (χ3n) is 3.15. The number of amides is 1. The smallest absolute Gasteiger partial charge is 0.266 e. The molecule has 1 fully saturated rings. The molecule has 7 nitrogen and oxygen atoms in total. The van der Waals surface area contributed by atoms with Gasteiger partial charge in [-0.25, -0.2) is 8.42 Å². The van der Waals surface area contributed by atoms with Crippen molar-refractivity contribution in [2.75, 3.05) is 26.2 Å². The Bertz CT molecular complexity index is 677. The van der Waals surface area contributed by atoms with Gasteiger partial charge in [-0.15, -0.1) is 0 Å². The first-order valence-corrected chi connectivity index (χ1v) is 7.78. The molecule has 1 N–H and O–H groups in total. The fraction of sp³-hybridized carbons (Fsp3) is 0.455. The summed E-state index contributed by atoms with van der Waals surface area (Å²) in [5.41, 5.74) is -0.535. The minimum atomic E-state index is -3.71. The zero-order valence-corrected chi connectivity index (χ0v) is 12.4. The summed E-state index contributed by atoms with van der Waals surface area (Å²) >= 11 is 5.64. The third kappa shape index (κ3) is 2.87. The minimum absolute atomic E-state index is 0.0571. The van der Waals surface area contributed by atoms with Gasteiger partial charge in [-0.05, 0) is 6.07 Å². The molecule has 1 saturated heterocycles. The number of H-pyrrole nitrogens is 1. The number of hydrogen-bond donors (Lipinski definition) is 1. The second kappa shape index (κ2) is 5.55. The number of halogens is 1. The number of nitrogens with one attached hydrogen (secondary N) is 1. The summed E-state index contributed by atoms with van der Waals surface area (Å²) in [7, 11) is -3.71. The van der Waals surface area contributed by atoms with Crippen LogP contribution in [0.1, 0.15) is 6.92 Å². The predicted molar refractivity (Wildman–Crippen MR) is 73.1 cm³/mol. The van der Waals surface area contributed by atoms with E-state index in [1.807, 2.05) is 0 Å². The van der Waals surface area contributed by atoms with Crippen molar-refractivity contribution in [2.24, 2.45) is 0 Å². The van der Waals surface area contributed by atoms with E-state index in [0.717, 1.165) is 12.3 Å². The monoisotopic (exact) mass is 319 g/mol. The van der Waals surface area contributed by atoms with Crippen molar-refractivity contribution in [1.29, 1.82) is 0 Å². The molecule has 20 heavy (non-hydrogen) atoms. The van der Waals surface area contributed by atoms with Crippen molar-refractivity contribution in [1.82, 2.24) is 14.2 Å². The summed E-state index contributed by atoms with van der Waals surface area (Å²) in [6, 6.07) is 1.13. The van der Waals surface area contributed by atoms with Gasteiger partial charge in [0.1, 0.15) is 5.02 Å². The van der Waals surface area contributed by atoms with Crippen molar-refractivity contribution < 1.29 is 13.2 Å². The molecule has 0 spiro atoms. The van der Waals surface area contributed by atoms with Gasteiger partial charge in [0.15, 0.2) is 0 Å². The molecular weight excluding hydrogens is 306 g/mol. The molecule has 1 aliphatic heterocycles. The lowest BCUT2D eigenvalue weighted by Gasteiger charge is -2.33. The van der Waals surface area contributed by atoms with Crippen LogP contribution in [0.4, 0.5) is 0 Å². The highest BCUT2D eigenvalue weighted by Gasteiger charge is 2.29. The summed E-state index contributed by atoms with van der Waals surface area (Å²) in [5.74, 6) is -0.0749. The van der Waals surface area contributed by atoms with E-state index in [1.165, 1.54) is 11.2 Å². The third-order valence-corrected chi connectivity index (χ3v) is 5.31. The van der Waals surface area contributed by atoms with Crippen LogP contribution in [0, 0.1) is 0 Å². The Morgan fingerprint density at radius 2 is 1.90 bits per heavy atom. The topological polar surface area (TPSA) is 90.6 Å². The van der Waals surface area contributed by atoms with Crippen LogP contribution >= 0.6 is 11.6 Å². The molecule has 2 rings (SSSR count). The van der Waals surface area contributed by atoms with Gasteiger partial charge in [0.05, 0.1) is 4.90 Å². The molecule has 1 aromatic rings. The number of nitrogens with zero attached hydrogens (tertiary/aromatic N) is 2. The number of piperazine rings is 1. The molecular formula is C11H14ClN3O4S. The molecule has 0 saturated carbocycles. The van der Waals surface area contributed by atoms with Gasteiger partial charge >= 0.3 is 0 Å². The first-order valence-electron chi connectivity index (χ1n) is 5.96. The van der Waals surface area contributed by atoms with Gasteiger partial charge in [-0.1, -0.05) is 11.6 Å². The van der Waals surface area contributed by atoms with Gasteiger partial charge in [-0.3, -0.25) is 9.59 Å². The van der Waals surface area contributed by atoms with E-state index in [2.05, 4.69) is 4.98 Å². The normalized spacial score (nSPS) is 17.2. The molecule has 0 aliphatic carbocycles. The number of carbonyl (C=O) groups is 1. The highest BCUT2D eigenvalue weighted by atomic mass is 35.5. The molecule has 1 amide bonds. The van der Waals surface area contributed by atoms with Gasteiger partial charge in [0, 0.05) is 39.3 Å². The molecule has 0 aromatic carbocycles. The zero-order chi connectivity index (χ0) is 14.9. The van der Waals surface area contributed by atoms with Crippen LogP contribution in [0.3, 0.4) is 0 Å². The van der Waals surface area contributed by atoms with E-state index in [-0.39, 0.29) is 28.9 Å². The van der Waals surface area contributed by atoms with Crippen molar-refractivity contribution in [3.05, 3.63) is 27.6 Å². The van der Waals surface area contributed by atoms with E-state index in [4.69, 9.17) is 11.6 Å². The zero-order valence-electron chi connectivity index (χ0n) is 10.8. The van der Waals surface area contributed by atoms with E-state index >= 15 is 0 Å². The Morgan fingerprint density at radius 1 is 1.30 bits per heavy atom. The molecule has 1 aromatic heterocycles. The summed E-state index contributed by atoms with van der Waals surface area (Å²) in [6.45, 7) is 2.60. The van der Waals surface area contributed by atoms with E-state index in [9.17, 15) is 18.0 Å². The first-order chi connectivity index (χ1) is 9.32. The van der Waals surface area contributed by atoms with Crippen LogP contribution in [0.15, 0.2) is 22.0 Å². The predicted octanol–water partition coefficient (Wildman–Crippen LogP) is -0.119. The lowest BCUT2D eigenvalue weighted by molar-refractivity contribution is -0.129. The molecule has 2 heterocycles. The number of carbonyl (C=O) groups excluding carboxylic acids is 1. The summed E-state index contributed by atoms with van der Waals surface area (Å²) < 4.78 is 26.0. The summed E-state index contributed by atoms with van der Waals surface area (Å²) in [4.78, 5) is 26.2. The molecule has 1 aliphatic rings. The molecule has 0 bridgehead atoms. The molecule has 0 radical (unpaired) electrons. The SMILES string of the molecule is CC(=O)N1CCN(S(=O)(=O)c2c[nH]c(=O)c(Cl)c2)CC1. The summed E-state index contributed by atoms with van der Waals surface area (Å²) in [5, 5.41) is -0.173. The number of hydrogen-bond acceptors (Lipinski definition) is 4. The Hall–Kier alpha value is -1.38. The van der Waals surface area contributed by atoms with E-state index < -0.39 is 15.6 Å². The van der Waals surface area contributed by atoms with Crippen molar-refractivity contribution in [3.8, 4) is 0 Å². The van der Waals surface area contributed by atoms with Crippen molar-refractivity contribution >= 4 is 27.5 Å². The van der Waals surface area contributed by atoms with Crippen LogP contribution in [0.2, 0.25) is 5.02 Å². The average molecular weight is 320 g/mol. The number of pyridine rings is 1. The number of sulfonamides is 1. The average Bonchev–Trinajstić information content (AvgIpc) is 2.41. The molecule has 110 valence electrons. The lowest BCUT2D eigenvalue weighted by atomic mass is 10.3. The Kier molecular flexibility index (Phi) is 4.17. The first kappa shape index (κ1) is 15.0. The minimum Gasteiger partial charge on any atom is -0.340 e. The maximum atomic E-state index is 12.4. The van der Waals surface area contributed by atoms with Crippen LogP contribution in [-0.4, -0.2) is 54.7 Å². The van der Waals surface area contributed by atoms with Gasteiger partial charge < -0.3 is 9.88 Å². The Balaban J connectivity index is 2.21. The van der Waals surface area contributed by atoms with E-state index in [0.29, 0.717) is 13.1 Å².